The maximum absolute atomic E-state index is 12.8. The molecule has 1 saturated carbocycles. The minimum absolute atomic E-state index is 0.166. The van der Waals surface area contributed by atoms with Crippen LogP contribution in [-0.4, -0.2) is 70.2 Å². The summed E-state index contributed by atoms with van der Waals surface area (Å²) in [5.41, 5.74) is 0.824. The van der Waals surface area contributed by atoms with Crippen molar-refractivity contribution in [2.75, 3.05) is 63.7 Å². The first kappa shape index (κ1) is 18.7. The fourth-order valence-electron chi connectivity index (χ4n) is 3.15. The minimum Gasteiger partial charge on any atom is -0.378 e. The third-order valence-electron chi connectivity index (χ3n) is 4.97. The van der Waals surface area contributed by atoms with Gasteiger partial charge in [-0.25, -0.2) is 0 Å². The Morgan fingerprint density at radius 3 is 2.50 bits per heavy atom. The molecule has 7 heteroatoms. The molecule has 2 fully saturated rings. The molecule has 0 radical (unpaired) electrons. The number of likely N-dealkylation sites (N-methyl/N-ethyl adjacent to an activating group) is 1. The number of anilines is 2. The molecule has 1 heterocycles. The van der Waals surface area contributed by atoms with Crippen LogP contribution in [0.15, 0.2) is 24.3 Å². The van der Waals surface area contributed by atoms with Crippen molar-refractivity contribution in [3.63, 3.8) is 0 Å². The number of nitrogens with zero attached hydrogens (tertiary/aromatic N) is 2. The molecule has 0 aromatic heterocycles. The van der Waals surface area contributed by atoms with E-state index in [1.165, 1.54) is 0 Å². The summed E-state index contributed by atoms with van der Waals surface area (Å²) < 4.78 is 5.41. The van der Waals surface area contributed by atoms with E-state index in [9.17, 15) is 9.59 Å². The van der Waals surface area contributed by atoms with Crippen LogP contribution in [0.3, 0.4) is 0 Å². The Bertz CT molecular complexity index is 652. The van der Waals surface area contributed by atoms with E-state index in [-0.39, 0.29) is 11.8 Å². The van der Waals surface area contributed by atoms with Gasteiger partial charge in [0.15, 0.2) is 0 Å². The molecule has 1 saturated heterocycles. The highest BCUT2D eigenvalue weighted by Crippen LogP contribution is 2.47. The zero-order valence-corrected chi connectivity index (χ0v) is 15.6. The second kappa shape index (κ2) is 8.05. The number of para-hydroxylation sites is 2. The third-order valence-corrected chi connectivity index (χ3v) is 4.97. The van der Waals surface area contributed by atoms with Crippen LogP contribution in [-0.2, 0) is 14.3 Å². The molecule has 0 bridgehead atoms. The molecule has 2 amide bonds. The minimum atomic E-state index is -0.912. The van der Waals surface area contributed by atoms with Gasteiger partial charge in [0.2, 0.25) is 11.8 Å². The van der Waals surface area contributed by atoms with Crippen LogP contribution in [0.2, 0.25) is 0 Å². The second-order valence-corrected chi connectivity index (χ2v) is 7.21. The number of hydrogen-bond donors (Lipinski definition) is 2. The predicted octanol–water partition coefficient (Wildman–Crippen LogP) is 0.920. The summed E-state index contributed by atoms with van der Waals surface area (Å²) in [6, 6.07) is 7.75. The van der Waals surface area contributed by atoms with Gasteiger partial charge in [-0.3, -0.25) is 9.59 Å². The van der Waals surface area contributed by atoms with Crippen molar-refractivity contribution in [1.29, 1.82) is 0 Å². The fourth-order valence-corrected chi connectivity index (χ4v) is 3.15. The van der Waals surface area contributed by atoms with Gasteiger partial charge in [-0.2, -0.15) is 0 Å². The lowest BCUT2D eigenvalue weighted by Crippen LogP contribution is -2.42. The molecule has 1 aliphatic heterocycles. The molecule has 0 atom stereocenters. The van der Waals surface area contributed by atoms with E-state index in [0.717, 1.165) is 31.0 Å². The first-order valence-electron chi connectivity index (χ1n) is 9.19. The number of morpholine rings is 1. The van der Waals surface area contributed by atoms with Gasteiger partial charge >= 0.3 is 0 Å². The van der Waals surface area contributed by atoms with Gasteiger partial charge in [-0.1, -0.05) is 12.1 Å². The number of benzene rings is 1. The Morgan fingerprint density at radius 1 is 1.15 bits per heavy atom. The lowest BCUT2D eigenvalue weighted by Gasteiger charge is -2.30. The van der Waals surface area contributed by atoms with Crippen molar-refractivity contribution in [3.8, 4) is 0 Å². The summed E-state index contributed by atoms with van der Waals surface area (Å²) in [5, 5.41) is 5.89. The number of hydrogen-bond acceptors (Lipinski definition) is 5. The largest absolute Gasteiger partial charge is 0.378 e. The summed E-state index contributed by atoms with van der Waals surface area (Å²) in [4.78, 5) is 29.6. The summed E-state index contributed by atoms with van der Waals surface area (Å²) in [5.74, 6) is -0.374. The van der Waals surface area contributed by atoms with E-state index in [1.807, 2.05) is 43.3 Å². The fraction of sp³-hybridized carbons (Fsp3) is 0.579. The number of nitrogens with one attached hydrogen (secondary N) is 2. The summed E-state index contributed by atoms with van der Waals surface area (Å²) >= 11 is 0. The van der Waals surface area contributed by atoms with Crippen molar-refractivity contribution in [2.24, 2.45) is 5.41 Å². The molecule has 1 aromatic carbocycles. The molecule has 0 spiro atoms. The number of rotatable bonds is 7. The van der Waals surface area contributed by atoms with E-state index >= 15 is 0 Å². The van der Waals surface area contributed by atoms with E-state index in [1.54, 1.807) is 0 Å². The summed E-state index contributed by atoms with van der Waals surface area (Å²) in [6.45, 7) is 4.25. The average Bonchev–Trinajstić information content (AvgIpc) is 3.44. The molecule has 2 N–H and O–H groups in total. The van der Waals surface area contributed by atoms with E-state index < -0.39 is 5.41 Å². The monoisotopic (exact) mass is 360 g/mol. The van der Waals surface area contributed by atoms with E-state index in [4.69, 9.17) is 4.74 Å². The van der Waals surface area contributed by atoms with Crippen LogP contribution >= 0.6 is 0 Å². The quantitative estimate of drug-likeness (QED) is 0.708. The number of amides is 2. The maximum atomic E-state index is 12.8. The zero-order valence-electron chi connectivity index (χ0n) is 15.6. The molecule has 1 aromatic rings. The standard InChI is InChI=1S/C19H28N4O3/c1-22(2)10-9-20-17(24)19(7-8-19)18(25)21-15-5-3-4-6-16(15)23-11-13-26-14-12-23/h3-6H,7-14H2,1-2H3,(H,20,24)(H,21,25). The van der Waals surface area contributed by atoms with Crippen LogP contribution in [0.5, 0.6) is 0 Å². The van der Waals surface area contributed by atoms with E-state index in [0.29, 0.717) is 32.6 Å². The smallest absolute Gasteiger partial charge is 0.240 e. The third kappa shape index (κ3) is 4.16. The lowest BCUT2D eigenvalue weighted by molar-refractivity contribution is -0.134. The topological polar surface area (TPSA) is 73.9 Å². The molecule has 142 valence electrons. The van der Waals surface area contributed by atoms with Crippen molar-refractivity contribution in [3.05, 3.63) is 24.3 Å². The Kier molecular flexibility index (Phi) is 5.78. The maximum Gasteiger partial charge on any atom is 0.240 e. The van der Waals surface area contributed by atoms with Gasteiger partial charge in [0.1, 0.15) is 5.41 Å². The van der Waals surface area contributed by atoms with Crippen LogP contribution < -0.4 is 15.5 Å². The van der Waals surface area contributed by atoms with Gasteiger partial charge in [0, 0.05) is 26.2 Å². The average molecular weight is 360 g/mol. The highest BCUT2D eigenvalue weighted by atomic mass is 16.5. The molecule has 26 heavy (non-hydrogen) atoms. The molecule has 7 nitrogen and oxygen atoms in total. The van der Waals surface area contributed by atoms with Gasteiger partial charge in [0.05, 0.1) is 24.6 Å². The number of carbonyl (C=O) groups excluding carboxylic acids is 2. The van der Waals surface area contributed by atoms with E-state index in [2.05, 4.69) is 15.5 Å². The van der Waals surface area contributed by atoms with Gasteiger partial charge < -0.3 is 25.2 Å². The molecule has 2 aliphatic rings. The van der Waals surface area contributed by atoms with Crippen molar-refractivity contribution < 1.29 is 14.3 Å². The summed E-state index contributed by atoms with van der Waals surface area (Å²) in [7, 11) is 3.91. The zero-order chi connectivity index (χ0) is 18.6. The highest BCUT2D eigenvalue weighted by molar-refractivity contribution is 6.13. The molecule has 0 unspecified atom stereocenters. The Balaban J connectivity index is 1.65. The Labute approximate surface area is 154 Å². The van der Waals surface area contributed by atoms with Gasteiger partial charge in [-0.15, -0.1) is 0 Å². The first-order chi connectivity index (χ1) is 12.5. The SMILES string of the molecule is CN(C)CCNC(=O)C1(C(=O)Nc2ccccc2N2CCOCC2)CC1. The van der Waals surface area contributed by atoms with Crippen molar-refractivity contribution in [1.82, 2.24) is 10.2 Å². The molecular formula is C19H28N4O3. The second-order valence-electron chi connectivity index (χ2n) is 7.21. The first-order valence-corrected chi connectivity index (χ1v) is 9.19. The van der Waals surface area contributed by atoms with Crippen LogP contribution in [0, 0.1) is 5.41 Å². The van der Waals surface area contributed by atoms with Gasteiger partial charge in [0.25, 0.3) is 0 Å². The normalized spacial score (nSPS) is 18.5. The Morgan fingerprint density at radius 2 is 1.85 bits per heavy atom. The number of carbonyl (C=O) groups is 2. The number of ether oxygens (including phenoxy) is 1. The van der Waals surface area contributed by atoms with Gasteiger partial charge in [-0.05, 0) is 39.1 Å². The van der Waals surface area contributed by atoms with Crippen LogP contribution in [0.4, 0.5) is 11.4 Å². The predicted molar refractivity (Wildman–Crippen MR) is 101 cm³/mol. The molecular weight excluding hydrogens is 332 g/mol. The highest BCUT2D eigenvalue weighted by Gasteiger charge is 2.56. The molecule has 3 rings (SSSR count). The van der Waals surface area contributed by atoms with Crippen molar-refractivity contribution >= 4 is 23.2 Å². The summed E-state index contributed by atoms with van der Waals surface area (Å²) in [6.07, 6.45) is 1.21. The van der Waals surface area contributed by atoms with Crippen LogP contribution in [0.1, 0.15) is 12.8 Å². The Hall–Kier alpha value is -2.12. The molecule has 1 aliphatic carbocycles. The van der Waals surface area contributed by atoms with Crippen molar-refractivity contribution in [2.45, 2.75) is 12.8 Å². The lowest BCUT2D eigenvalue weighted by atomic mass is 10.0. The van der Waals surface area contributed by atoms with Crippen LogP contribution in [0.25, 0.3) is 0 Å².